The number of nitrogens with two attached hydrogens (primary N) is 2. The number of nitrogen functional groups attached to an aromatic ring is 1. The molecular weight excluding hydrogens is 364 g/mol. The molecule has 3 aromatic rings. The highest BCUT2D eigenvalue weighted by atomic mass is 32.2. The molecule has 0 atom stereocenters. The normalized spacial score (nSPS) is 13.7. The van der Waals surface area contributed by atoms with Crippen LogP contribution in [0.2, 0.25) is 0 Å². The predicted molar refractivity (Wildman–Crippen MR) is 103 cm³/mol. The quantitative estimate of drug-likeness (QED) is 0.359. The molecule has 5 N–H and O–H groups in total. The molecule has 0 fully saturated rings. The summed E-state index contributed by atoms with van der Waals surface area (Å²) in [5, 5.41) is 1.44. The SMILES string of the molecule is N/C=c1\ccc2c(c1)Oc1cc(N)ccc1C=2c1ccccc1S(=O)(=O)O. The van der Waals surface area contributed by atoms with Crippen molar-refractivity contribution >= 4 is 27.6 Å². The van der Waals surface area contributed by atoms with E-state index in [2.05, 4.69) is 0 Å². The zero-order valence-electron chi connectivity index (χ0n) is 14.1. The minimum absolute atomic E-state index is 0.176. The van der Waals surface area contributed by atoms with Gasteiger partial charge in [0.05, 0.1) is 0 Å². The van der Waals surface area contributed by atoms with Crippen molar-refractivity contribution in [3.63, 3.8) is 0 Å². The van der Waals surface area contributed by atoms with Crippen LogP contribution in [0.1, 0.15) is 11.1 Å². The molecule has 0 saturated heterocycles. The number of benzene rings is 3. The molecule has 0 aliphatic carbocycles. The second-order valence-electron chi connectivity index (χ2n) is 6.13. The number of ether oxygens (including phenoxy) is 1. The van der Waals surface area contributed by atoms with E-state index in [9.17, 15) is 13.0 Å². The predicted octanol–water partition coefficient (Wildman–Crippen LogP) is 1.57. The van der Waals surface area contributed by atoms with Gasteiger partial charge >= 0.3 is 0 Å². The molecular formula is C20H16N2O4S. The van der Waals surface area contributed by atoms with Crippen LogP contribution in [-0.2, 0) is 10.1 Å². The number of anilines is 1. The van der Waals surface area contributed by atoms with Crippen molar-refractivity contribution < 1.29 is 17.7 Å². The zero-order valence-corrected chi connectivity index (χ0v) is 14.9. The van der Waals surface area contributed by atoms with Crippen molar-refractivity contribution in [1.29, 1.82) is 0 Å². The summed E-state index contributed by atoms with van der Waals surface area (Å²) in [5.74, 6) is 1.02. The third kappa shape index (κ3) is 2.92. The Morgan fingerprint density at radius 2 is 1.70 bits per heavy atom. The summed E-state index contributed by atoms with van der Waals surface area (Å²) in [5.41, 5.74) is 13.7. The van der Waals surface area contributed by atoms with E-state index < -0.39 is 10.1 Å². The van der Waals surface area contributed by atoms with Crippen LogP contribution in [0.5, 0.6) is 11.5 Å². The minimum atomic E-state index is -4.42. The Balaban J connectivity index is 2.18. The molecule has 0 radical (unpaired) electrons. The Labute approximate surface area is 155 Å². The summed E-state index contributed by atoms with van der Waals surface area (Å²) in [7, 11) is -4.42. The number of hydrogen-bond donors (Lipinski definition) is 3. The van der Waals surface area contributed by atoms with E-state index in [1.54, 1.807) is 48.5 Å². The van der Waals surface area contributed by atoms with Gasteiger partial charge in [-0.2, -0.15) is 8.42 Å². The van der Waals surface area contributed by atoms with Gasteiger partial charge in [-0.3, -0.25) is 4.55 Å². The molecule has 7 heteroatoms. The molecule has 0 spiro atoms. The Morgan fingerprint density at radius 1 is 0.926 bits per heavy atom. The van der Waals surface area contributed by atoms with Crippen molar-refractivity contribution in [2.45, 2.75) is 4.90 Å². The highest BCUT2D eigenvalue weighted by Crippen LogP contribution is 2.38. The third-order valence-corrected chi connectivity index (χ3v) is 5.31. The Morgan fingerprint density at radius 3 is 2.44 bits per heavy atom. The molecule has 0 bridgehead atoms. The highest BCUT2D eigenvalue weighted by Gasteiger charge is 2.25. The van der Waals surface area contributed by atoms with Gasteiger partial charge in [0.2, 0.25) is 0 Å². The van der Waals surface area contributed by atoms with E-state index in [4.69, 9.17) is 16.2 Å². The van der Waals surface area contributed by atoms with E-state index in [0.29, 0.717) is 39.1 Å². The average Bonchev–Trinajstić information content (AvgIpc) is 2.64. The largest absolute Gasteiger partial charge is 0.456 e. The maximum atomic E-state index is 11.9. The van der Waals surface area contributed by atoms with Crippen molar-refractivity contribution in [3.8, 4) is 11.5 Å². The van der Waals surface area contributed by atoms with E-state index in [-0.39, 0.29) is 4.90 Å². The Bertz CT molecular complexity index is 1300. The molecule has 0 unspecified atom stereocenters. The fourth-order valence-electron chi connectivity index (χ4n) is 3.22. The molecule has 3 aromatic carbocycles. The maximum Gasteiger partial charge on any atom is 0.295 e. The van der Waals surface area contributed by atoms with Crippen LogP contribution in [0.15, 0.2) is 65.6 Å². The van der Waals surface area contributed by atoms with Crippen LogP contribution in [0.3, 0.4) is 0 Å². The number of fused-ring (bicyclic) bond motifs is 2. The van der Waals surface area contributed by atoms with Gasteiger partial charge in [0.15, 0.2) is 0 Å². The second-order valence-corrected chi connectivity index (χ2v) is 7.52. The van der Waals surface area contributed by atoms with Crippen molar-refractivity contribution in [2.24, 2.45) is 5.73 Å². The lowest BCUT2D eigenvalue weighted by atomic mass is 9.92. The molecule has 136 valence electrons. The van der Waals surface area contributed by atoms with Gasteiger partial charge < -0.3 is 16.2 Å². The van der Waals surface area contributed by atoms with Crippen molar-refractivity contribution in [2.75, 3.05) is 5.73 Å². The molecule has 27 heavy (non-hydrogen) atoms. The highest BCUT2D eigenvalue weighted by molar-refractivity contribution is 7.86. The van der Waals surface area contributed by atoms with E-state index in [1.165, 1.54) is 12.3 Å². The molecule has 0 amide bonds. The lowest BCUT2D eigenvalue weighted by molar-refractivity contribution is 0.471. The summed E-state index contributed by atoms with van der Waals surface area (Å²) >= 11 is 0. The van der Waals surface area contributed by atoms with Gasteiger partial charge in [-0.15, -0.1) is 0 Å². The lowest BCUT2D eigenvalue weighted by Gasteiger charge is -2.22. The number of hydrogen-bond acceptors (Lipinski definition) is 5. The second kappa shape index (κ2) is 6.15. The van der Waals surface area contributed by atoms with Crippen LogP contribution < -0.4 is 26.6 Å². The summed E-state index contributed by atoms with van der Waals surface area (Å²) in [4.78, 5) is -0.176. The van der Waals surface area contributed by atoms with Crippen LogP contribution in [0, 0.1) is 0 Å². The fraction of sp³-hybridized carbons (Fsp3) is 0. The monoisotopic (exact) mass is 380 g/mol. The molecule has 1 aliphatic rings. The fourth-order valence-corrected chi connectivity index (χ4v) is 3.91. The van der Waals surface area contributed by atoms with Crippen molar-refractivity contribution in [3.05, 3.63) is 82.2 Å². The van der Waals surface area contributed by atoms with Gasteiger partial charge in [0.25, 0.3) is 10.1 Å². The van der Waals surface area contributed by atoms with E-state index in [0.717, 1.165) is 5.22 Å². The van der Waals surface area contributed by atoms with Crippen LogP contribution in [0.25, 0.3) is 11.8 Å². The van der Waals surface area contributed by atoms with Crippen LogP contribution in [-0.4, -0.2) is 13.0 Å². The van der Waals surface area contributed by atoms with Crippen molar-refractivity contribution in [1.82, 2.24) is 0 Å². The first kappa shape index (κ1) is 17.1. The van der Waals surface area contributed by atoms with Crippen LogP contribution >= 0.6 is 0 Å². The minimum Gasteiger partial charge on any atom is -0.456 e. The van der Waals surface area contributed by atoms with Crippen LogP contribution in [0.4, 0.5) is 5.69 Å². The Hall–Kier alpha value is -3.29. The first-order valence-electron chi connectivity index (χ1n) is 8.09. The van der Waals surface area contributed by atoms with Gasteiger partial charge in [-0.05, 0) is 35.6 Å². The van der Waals surface area contributed by atoms with E-state index >= 15 is 0 Å². The summed E-state index contributed by atoms with van der Waals surface area (Å²) in [6, 6.07) is 16.8. The Kier molecular flexibility index (Phi) is 3.91. The van der Waals surface area contributed by atoms with Gasteiger partial charge in [-0.1, -0.05) is 24.3 Å². The molecule has 6 nitrogen and oxygen atoms in total. The molecule has 1 heterocycles. The summed E-state index contributed by atoms with van der Waals surface area (Å²) < 4.78 is 39.6. The standard InChI is InChI=1S/C20H16N2O4S/c21-11-12-5-7-14-17(9-12)26-18-10-13(22)6-8-15(18)20(14)16-3-1-2-4-19(16)27(23,24)25/h1-11H,21-22H2,(H,23,24,25)/b12-11+. The molecule has 0 aromatic heterocycles. The first-order valence-corrected chi connectivity index (χ1v) is 9.53. The van der Waals surface area contributed by atoms with E-state index in [1.807, 2.05) is 6.07 Å². The topological polar surface area (TPSA) is 116 Å². The van der Waals surface area contributed by atoms with Gasteiger partial charge in [0.1, 0.15) is 16.4 Å². The summed E-state index contributed by atoms with van der Waals surface area (Å²) in [6.07, 6.45) is 1.45. The average molecular weight is 380 g/mol. The zero-order chi connectivity index (χ0) is 19.2. The molecule has 4 rings (SSSR count). The molecule has 1 aliphatic heterocycles. The van der Waals surface area contributed by atoms with Gasteiger partial charge in [-0.25, -0.2) is 0 Å². The first-order chi connectivity index (χ1) is 12.9. The lowest BCUT2D eigenvalue weighted by Crippen LogP contribution is -2.21. The smallest absolute Gasteiger partial charge is 0.295 e. The third-order valence-electron chi connectivity index (χ3n) is 4.40. The number of rotatable bonds is 2. The maximum absolute atomic E-state index is 11.9. The molecule has 0 saturated carbocycles. The van der Waals surface area contributed by atoms with Gasteiger partial charge in [0, 0.05) is 39.9 Å². The summed E-state index contributed by atoms with van der Waals surface area (Å²) in [6.45, 7) is 0.